The summed E-state index contributed by atoms with van der Waals surface area (Å²) in [6.07, 6.45) is -2.70. The van der Waals surface area contributed by atoms with E-state index in [0.29, 0.717) is 19.1 Å². The molecule has 1 aromatic carbocycles. The molecule has 0 N–H and O–H groups in total. The van der Waals surface area contributed by atoms with Gasteiger partial charge >= 0.3 is 6.18 Å². The van der Waals surface area contributed by atoms with Gasteiger partial charge in [-0.2, -0.15) is 13.2 Å². The minimum absolute atomic E-state index is 0.0110. The van der Waals surface area contributed by atoms with Gasteiger partial charge in [0, 0.05) is 13.0 Å². The molecule has 1 heterocycles. The molecule has 1 fully saturated rings. The van der Waals surface area contributed by atoms with Crippen LogP contribution >= 0.6 is 0 Å². The number of benzene rings is 1. The molecule has 0 spiro atoms. The highest BCUT2D eigenvalue weighted by molar-refractivity contribution is 5.96. The van der Waals surface area contributed by atoms with Crippen molar-refractivity contribution in [3.05, 3.63) is 35.1 Å². The fourth-order valence-electron chi connectivity index (χ4n) is 2.27. The van der Waals surface area contributed by atoms with Crippen molar-refractivity contribution in [2.24, 2.45) is 0 Å². The van der Waals surface area contributed by atoms with Gasteiger partial charge in [0.15, 0.2) is 5.78 Å². The third-order valence-electron chi connectivity index (χ3n) is 3.32. The monoisotopic (exact) mass is 290 g/mol. The van der Waals surface area contributed by atoms with Gasteiger partial charge in [0.25, 0.3) is 0 Å². The van der Waals surface area contributed by atoms with E-state index in [4.69, 9.17) is 4.74 Å². The Labute approximate surface area is 113 Å². The van der Waals surface area contributed by atoms with Crippen LogP contribution in [0.5, 0.6) is 0 Å². The van der Waals surface area contributed by atoms with E-state index in [1.54, 1.807) is 0 Å². The molecule has 0 amide bonds. The number of hydrogen-bond donors (Lipinski definition) is 0. The van der Waals surface area contributed by atoms with Crippen molar-refractivity contribution < 1.29 is 27.1 Å². The topological polar surface area (TPSA) is 26.3 Å². The summed E-state index contributed by atoms with van der Waals surface area (Å²) in [5, 5.41) is 0. The van der Waals surface area contributed by atoms with Crippen LogP contribution < -0.4 is 0 Å². The van der Waals surface area contributed by atoms with Gasteiger partial charge in [-0.05, 0) is 31.4 Å². The zero-order valence-corrected chi connectivity index (χ0v) is 10.7. The van der Waals surface area contributed by atoms with Crippen molar-refractivity contribution in [1.29, 1.82) is 0 Å². The Morgan fingerprint density at radius 3 is 2.70 bits per heavy atom. The smallest absolute Gasteiger partial charge is 0.378 e. The lowest BCUT2D eigenvalue weighted by Crippen LogP contribution is -2.14. The fourth-order valence-corrected chi connectivity index (χ4v) is 2.27. The predicted octanol–water partition coefficient (Wildman–Crippen LogP) is 3.99. The quantitative estimate of drug-likeness (QED) is 0.619. The highest BCUT2D eigenvalue weighted by atomic mass is 19.4. The highest BCUT2D eigenvalue weighted by Crippen LogP contribution is 2.32. The summed E-state index contributed by atoms with van der Waals surface area (Å²) in [6, 6.07) is 2.76. The molecular formula is C14H14F4O2. The van der Waals surface area contributed by atoms with Crippen LogP contribution in [0.1, 0.15) is 41.6 Å². The van der Waals surface area contributed by atoms with Crippen LogP contribution in [0.25, 0.3) is 0 Å². The van der Waals surface area contributed by atoms with Gasteiger partial charge in [0.1, 0.15) is 5.82 Å². The third-order valence-corrected chi connectivity index (χ3v) is 3.32. The summed E-state index contributed by atoms with van der Waals surface area (Å²) in [6.45, 7) is 0.636. The largest absolute Gasteiger partial charge is 0.419 e. The van der Waals surface area contributed by atoms with E-state index in [9.17, 15) is 22.4 Å². The third kappa shape index (κ3) is 3.36. The van der Waals surface area contributed by atoms with Crippen LogP contribution in [0.3, 0.4) is 0 Å². The number of ether oxygens (including phenoxy) is 1. The second kappa shape index (κ2) is 5.91. The number of ketones is 1. The summed E-state index contributed by atoms with van der Waals surface area (Å²) >= 11 is 0. The molecule has 6 heteroatoms. The van der Waals surface area contributed by atoms with Gasteiger partial charge in [0.2, 0.25) is 0 Å². The maximum atomic E-state index is 13.7. The Balaban J connectivity index is 2.09. The lowest BCUT2D eigenvalue weighted by atomic mass is 10.0. The van der Waals surface area contributed by atoms with E-state index >= 15 is 0 Å². The van der Waals surface area contributed by atoms with E-state index in [0.717, 1.165) is 25.0 Å². The molecule has 110 valence electrons. The minimum Gasteiger partial charge on any atom is -0.378 e. The number of carbonyl (C=O) groups is 1. The molecule has 20 heavy (non-hydrogen) atoms. The second-order valence-corrected chi connectivity index (χ2v) is 4.76. The van der Waals surface area contributed by atoms with Gasteiger partial charge < -0.3 is 4.74 Å². The van der Waals surface area contributed by atoms with Crippen LogP contribution in [0.2, 0.25) is 0 Å². The predicted molar refractivity (Wildman–Crippen MR) is 63.9 cm³/mol. The first-order valence-corrected chi connectivity index (χ1v) is 6.40. The molecule has 1 aromatic rings. The molecular weight excluding hydrogens is 276 g/mol. The van der Waals surface area contributed by atoms with Crippen LogP contribution in [0.15, 0.2) is 18.2 Å². The van der Waals surface area contributed by atoms with E-state index < -0.39 is 28.9 Å². The maximum Gasteiger partial charge on any atom is 0.419 e. The van der Waals surface area contributed by atoms with Gasteiger partial charge in [-0.25, -0.2) is 4.39 Å². The molecule has 1 saturated heterocycles. The second-order valence-electron chi connectivity index (χ2n) is 4.76. The standard InChI is InChI=1S/C14H14F4O2/c15-13-10(4-1-5-11(13)14(16,17)18)12(19)7-6-9-3-2-8-20-9/h1,4-5,9H,2-3,6-8H2. The summed E-state index contributed by atoms with van der Waals surface area (Å²) in [5.74, 6) is -2.11. The average molecular weight is 290 g/mol. The molecule has 0 saturated carbocycles. The van der Waals surface area contributed by atoms with Crippen molar-refractivity contribution in [3.8, 4) is 0 Å². The number of hydrogen-bond acceptors (Lipinski definition) is 2. The lowest BCUT2D eigenvalue weighted by molar-refractivity contribution is -0.140. The molecule has 0 aliphatic carbocycles. The van der Waals surface area contributed by atoms with Gasteiger partial charge in [-0.3, -0.25) is 4.79 Å². The Hall–Kier alpha value is -1.43. The molecule has 0 radical (unpaired) electrons. The summed E-state index contributed by atoms with van der Waals surface area (Å²) in [5.41, 5.74) is -1.90. The molecule has 1 aliphatic heterocycles. The number of Topliss-reactive ketones (excluding diaryl/α,β-unsaturated/α-hetero) is 1. The Bertz CT molecular complexity index is 490. The van der Waals surface area contributed by atoms with Gasteiger partial charge in [-0.15, -0.1) is 0 Å². The number of halogens is 4. The zero-order chi connectivity index (χ0) is 14.8. The van der Waals surface area contributed by atoms with Crippen molar-refractivity contribution in [1.82, 2.24) is 0 Å². The molecule has 1 atom stereocenters. The molecule has 1 aliphatic rings. The molecule has 1 unspecified atom stereocenters. The van der Waals surface area contributed by atoms with Crippen LogP contribution in [-0.2, 0) is 10.9 Å². The zero-order valence-electron chi connectivity index (χ0n) is 10.7. The summed E-state index contributed by atoms with van der Waals surface area (Å²) in [7, 11) is 0. The number of alkyl halides is 3. The van der Waals surface area contributed by atoms with Crippen LogP contribution in [0, 0.1) is 5.82 Å². The highest BCUT2D eigenvalue weighted by Gasteiger charge is 2.35. The Kier molecular flexibility index (Phi) is 4.42. The molecule has 0 bridgehead atoms. The van der Waals surface area contributed by atoms with E-state index in [2.05, 4.69) is 0 Å². The number of carbonyl (C=O) groups excluding carboxylic acids is 1. The Morgan fingerprint density at radius 1 is 1.35 bits per heavy atom. The maximum absolute atomic E-state index is 13.7. The van der Waals surface area contributed by atoms with Crippen molar-refractivity contribution in [2.45, 2.75) is 38.0 Å². The summed E-state index contributed by atoms with van der Waals surface area (Å²) < 4.78 is 56.7. The van der Waals surface area contributed by atoms with Crippen LogP contribution in [-0.4, -0.2) is 18.5 Å². The number of rotatable bonds is 4. The normalized spacial score (nSPS) is 19.3. The van der Waals surface area contributed by atoms with Gasteiger partial charge in [-0.1, -0.05) is 6.07 Å². The van der Waals surface area contributed by atoms with Crippen molar-refractivity contribution in [3.63, 3.8) is 0 Å². The minimum atomic E-state index is -4.80. The first-order valence-electron chi connectivity index (χ1n) is 6.40. The molecule has 0 aromatic heterocycles. The first kappa shape index (κ1) is 15.0. The Morgan fingerprint density at radius 2 is 2.10 bits per heavy atom. The fraction of sp³-hybridized carbons (Fsp3) is 0.500. The molecule has 2 rings (SSSR count). The molecule has 2 nitrogen and oxygen atoms in total. The van der Waals surface area contributed by atoms with Crippen molar-refractivity contribution >= 4 is 5.78 Å². The van der Waals surface area contributed by atoms with Crippen LogP contribution in [0.4, 0.5) is 17.6 Å². The van der Waals surface area contributed by atoms with E-state index in [-0.39, 0.29) is 12.5 Å². The lowest BCUT2D eigenvalue weighted by Gasteiger charge is -2.11. The first-order chi connectivity index (χ1) is 9.39. The summed E-state index contributed by atoms with van der Waals surface area (Å²) in [4.78, 5) is 11.8. The average Bonchev–Trinajstić information content (AvgIpc) is 2.88. The van der Waals surface area contributed by atoms with Gasteiger partial charge in [0.05, 0.1) is 17.2 Å². The van der Waals surface area contributed by atoms with E-state index in [1.165, 1.54) is 0 Å². The van der Waals surface area contributed by atoms with Crippen molar-refractivity contribution in [2.75, 3.05) is 6.61 Å². The SMILES string of the molecule is O=C(CCC1CCCO1)c1cccc(C(F)(F)F)c1F. The van der Waals surface area contributed by atoms with E-state index in [1.807, 2.05) is 0 Å².